The van der Waals surface area contributed by atoms with Gasteiger partial charge >= 0.3 is 0 Å². The second-order valence-corrected chi connectivity index (χ2v) is 4.23. The molecule has 0 atom stereocenters. The molecule has 0 aromatic heterocycles. The predicted molar refractivity (Wildman–Crippen MR) is 54.3 cm³/mol. The minimum Gasteiger partial charge on any atom is -0.625 e. The van der Waals surface area contributed by atoms with Crippen LogP contribution >= 0.6 is 0 Å². The number of halogens is 1. The van der Waals surface area contributed by atoms with Crippen LogP contribution in [0.3, 0.4) is 0 Å². The molecule has 2 nitrogen and oxygen atoms in total. The second-order valence-electron chi connectivity index (χ2n) is 4.23. The fourth-order valence-corrected chi connectivity index (χ4v) is 1.26. The molecule has 3 heteroatoms. The van der Waals surface area contributed by atoms with Gasteiger partial charge in [0.15, 0.2) is 5.71 Å². The van der Waals surface area contributed by atoms with E-state index in [4.69, 9.17) is 0 Å². The Hall–Kier alpha value is -1.38. The van der Waals surface area contributed by atoms with Crippen molar-refractivity contribution in [3.63, 3.8) is 0 Å². The molecule has 0 aliphatic rings. The number of nitrogens with one attached hydrogen (secondary N) is 1. The highest BCUT2D eigenvalue weighted by Gasteiger charge is 2.25. The van der Waals surface area contributed by atoms with Gasteiger partial charge in [-0.15, -0.1) is 0 Å². The molecule has 14 heavy (non-hydrogen) atoms. The maximum Gasteiger partial charge on any atom is 0.197 e. The lowest BCUT2D eigenvalue weighted by Gasteiger charge is -2.16. The summed E-state index contributed by atoms with van der Waals surface area (Å²) in [4.78, 5) is 0. The van der Waals surface area contributed by atoms with Crippen LogP contribution in [0.25, 0.3) is 0 Å². The quantitative estimate of drug-likeness (QED) is 0.408. The van der Waals surface area contributed by atoms with Gasteiger partial charge in [0.2, 0.25) is 0 Å². The summed E-state index contributed by atoms with van der Waals surface area (Å²) < 4.78 is 12.6. The second kappa shape index (κ2) is 3.78. The topological polar surface area (TPSA) is 37.0 Å². The monoisotopic (exact) mass is 195 g/mol. The van der Waals surface area contributed by atoms with Crippen molar-refractivity contribution in [1.29, 1.82) is 0 Å². The molecule has 0 bridgehead atoms. The number of rotatable bonds is 1. The summed E-state index contributed by atoms with van der Waals surface area (Å²) in [6.45, 7) is 5.78. The Bertz CT molecular complexity index is 335. The molecular weight excluding hydrogens is 181 g/mol. The molecule has 0 saturated heterocycles. The first kappa shape index (κ1) is 10.7. The normalized spacial score (nSPS) is 13.0. The zero-order chi connectivity index (χ0) is 10.8. The molecule has 0 fully saturated rings. The van der Waals surface area contributed by atoms with E-state index in [1.807, 2.05) is 25.9 Å². The van der Waals surface area contributed by atoms with Crippen LogP contribution in [0.15, 0.2) is 24.3 Å². The van der Waals surface area contributed by atoms with Gasteiger partial charge in [0.05, 0.1) is 0 Å². The Balaban J connectivity index is 3.10. The molecule has 0 aliphatic heterocycles. The molecule has 0 spiro atoms. The fraction of sp³-hybridized carbons (Fsp3) is 0.364. The number of hydrogen-bond acceptors (Lipinski definition) is 1. The molecule has 0 saturated carbocycles. The lowest BCUT2D eigenvalue weighted by Crippen LogP contribution is -2.69. The highest BCUT2D eigenvalue weighted by Crippen LogP contribution is 2.18. The highest BCUT2D eigenvalue weighted by molar-refractivity contribution is 5.99. The van der Waals surface area contributed by atoms with Gasteiger partial charge in [-0.25, -0.2) is 9.55 Å². The van der Waals surface area contributed by atoms with E-state index < -0.39 is 0 Å². The van der Waals surface area contributed by atoms with Crippen molar-refractivity contribution < 1.29 is 9.55 Å². The third-order valence-electron chi connectivity index (χ3n) is 1.98. The first-order valence-electron chi connectivity index (χ1n) is 4.46. The zero-order valence-electron chi connectivity index (χ0n) is 8.60. The molecule has 1 N–H and O–H groups in total. The maximum atomic E-state index is 12.6. The molecule has 0 radical (unpaired) electrons. The Kier molecular flexibility index (Phi) is 2.89. The lowest BCUT2D eigenvalue weighted by molar-refractivity contribution is -0.377. The van der Waals surface area contributed by atoms with Crippen molar-refractivity contribution in [1.82, 2.24) is 0 Å². The van der Waals surface area contributed by atoms with E-state index in [2.05, 4.69) is 0 Å². The van der Waals surface area contributed by atoms with Gasteiger partial charge in [-0.3, -0.25) is 0 Å². The Morgan fingerprint density at radius 3 is 2.07 bits per heavy atom. The summed E-state index contributed by atoms with van der Waals surface area (Å²) in [5, 5.41) is 12.7. The predicted octanol–water partition coefficient (Wildman–Crippen LogP) is 1.24. The number of hydrogen-bond donors (Lipinski definition) is 1. The van der Waals surface area contributed by atoms with Gasteiger partial charge in [0.25, 0.3) is 0 Å². The van der Waals surface area contributed by atoms with Crippen LogP contribution in [0, 0.1) is 16.4 Å². The van der Waals surface area contributed by atoms with Crippen molar-refractivity contribution in [2.45, 2.75) is 20.8 Å². The molecule has 0 unspecified atom stereocenters. The molecule has 0 heterocycles. The van der Waals surface area contributed by atoms with Crippen molar-refractivity contribution in [2.75, 3.05) is 0 Å². The van der Waals surface area contributed by atoms with Crippen LogP contribution in [0.4, 0.5) is 4.39 Å². The zero-order valence-corrected chi connectivity index (χ0v) is 8.60. The van der Waals surface area contributed by atoms with Gasteiger partial charge in [0, 0.05) is 11.0 Å². The van der Waals surface area contributed by atoms with Gasteiger partial charge in [0.1, 0.15) is 5.82 Å². The SMILES string of the molecule is CC(C)(C)C(=[NH+][O-])c1ccc(F)cc1. The Morgan fingerprint density at radius 1 is 1.21 bits per heavy atom. The molecular formula is C11H14FNO. The van der Waals surface area contributed by atoms with Crippen molar-refractivity contribution in [2.24, 2.45) is 5.41 Å². The van der Waals surface area contributed by atoms with Crippen LogP contribution < -0.4 is 5.16 Å². The summed E-state index contributed by atoms with van der Waals surface area (Å²) in [5.41, 5.74) is 1.03. The van der Waals surface area contributed by atoms with E-state index in [1.54, 1.807) is 12.1 Å². The van der Waals surface area contributed by atoms with E-state index >= 15 is 0 Å². The molecule has 1 rings (SSSR count). The Labute approximate surface area is 83.1 Å². The fourth-order valence-electron chi connectivity index (χ4n) is 1.26. The molecule has 1 aromatic carbocycles. The maximum absolute atomic E-state index is 12.6. The first-order chi connectivity index (χ1) is 6.45. The van der Waals surface area contributed by atoms with Crippen LogP contribution in [0.2, 0.25) is 0 Å². The largest absolute Gasteiger partial charge is 0.625 e. The van der Waals surface area contributed by atoms with E-state index in [0.717, 1.165) is 5.56 Å². The smallest absolute Gasteiger partial charge is 0.197 e. The highest BCUT2D eigenvalue weighted by atomic mass is 19.1. The van der Waals surface area contributed by atoms with E-state index in [1.165, 1.54) is 12.1 Å². The van der Waals surface area contributed by atoms with Crippen LogP contribution in [0.5, 0.6) is 0 Å². The van der Waals surface area contributed by atoms with E-state index in [-0.39, 0.29) is 11.2 Å². The minimum absolute atomic E-state index is 0.264. The van der Waals surface area contributed by atoms with E-state index in [0.29, 0.717) is 5.71 Å². The third kappa shape index (κ3) is 2.31. The Morgan fingerprint density at radius 2 is 1.71 bits per heavy atom. The molecule has 0 amide bonds. The summed E-state index contributed by atoms with van der Waals surface area (Å²) in [6, 6.07) is 5.89. The molecule has 76 valence electrons. The summed E-state index contributed by atoms with van der Waals surface area (Å²) in [6.07, 6.45) is 0. The van der Waals surface area contributed by atoms with Crippen molar-refractivity contribution in [3.8, 4) is 0 Å². The average molecular weight is 195 g/mol. The standard InChI is InChI=1S/C11H14FNO/c1-11(2,3)10(13-14)8-4-6-9(12)7-5-8/h4-7,13H,1-3H3. The van der Waals surface area contributed by atoms with Crippen molar-refractivity contribution >= 4 is 5.71 Å². The molecule has 0 aliphatic carbocycles. The van der Waals surface area contributed by atoms with Crippen LogP contribution in [-0.4, -0.2) is 5.71 Å². The van der Waals surface area contributed by atoms with E-state index in [9.17, 15) is 9.60 Å². The van der Waals surface area contributed by atoms with Gasteiger partial charge in [-0.2, -0.15) is 0 Å². The van der Waals surface area contributed by atoms with Crippen LogP contribution in [-0.2, 0) is 0 Å². The lowest BCUT2D eigenvalue weighted by atomic mass is 9.86. The van der Waals surface area contributed by atoms with Gasteiger partial charge < -0.3 is 5.21 Å². The minimum atomic E-state index is -0.298. The van der Waals surface area contributed by atoms with Crippen LogP contribution in [0.1, 0.15) is 26.3 Å². The van der Waals surface area contributed by atoms with Gasteiger partial charge in [-0.1, -0.05) is 20.8 Å². The number of benzene rings is 1. The summed E-state index contributed by atoms with van der Waals surface area (Å²) in [5.74, 6) is -0.298. The molecule has 1 aromatic rings. The summed E-state index contributed by atoms with van der Waals surface area (Å²) in [7, 11) is 0. The van der Waals surface area contributed by atoms with Gasteiger partial charge in [-0.05, 0) is 24.3 Å². The van der Waals surface area contributed by atoms with Crippen molar-refractivity contribution in [3.05, 3.63) is 40.9 Å². The third-order valence-corrected chi connectivity index (χ3v) is 1.98. The summed E-state index contributed by atoms with van der Waals surface area (Å²) >= 11 is 0. The first-order valence-corrected chi connectivity index (χ1v) is 4.46. The average Bonchev–Trinajstić information content (AvgIpc) is 2.07.